The number of nitrogens with zero attached hydrogens (tertiary/aromatic N) is 3. The van der Waals surface area contributed by atoms with Crippen LogP contribution in [0.3, 0.4) is 0 Å². The molecule has 3 aromatic rings. The third kappa shape index (κ3) is 8.10. The van der Waals surface area contributed by atoms with Crippen LogP contribution in [-0.2, 0) is 20.8 Å². The van der Waals surface area contributed by atoms with Gasteiger partial charge in [-0.05, 0) is 41.4 Å². The first-order chi connectivity index (χ1) is 18.5. The second kappa shape index (κ2) is 14.7. The summed E-state index contributed by atoms with van der Waals surface area (Å²) in [6.07, 6.45) is 3.68. The van der Waals surface area contributed by atoms with Crippen LogP contribution < -0.4 is 11.1 Å². The SMILES string of the molecule is CN1Cc2c(Cl)cc(Cl)cc2[C@H](c2cccc(-c3cnc(NCCOCCOCCOCCN)nc3)c2)C1. The lowest BCUT2D eigenvalue weighted by molar-refractivity contribution is 0.0179. The van der Waals surface area contributed by atoms with Crippen molar-refractivity contribution in [3.8, 4) is 11.1 Å². The first-order valence-corrected chi connectivity index (χ1v) is 13.6. The maximum Gasteiger partial charge on any atom is 0.222 e. The number of aromatic nitrogens is 2. The Kier molecular flexibility index (Phi) is 11.1. The molecular weight excluding hydrogens is 525 g/mol. The van der Waals surface area contributed by atoms with E-state index in [-0.39, 0.29) is 5.92 Å². The van der Waals surface area contributed by atoms with E-state index in [0.29, 0.717) is 63.7 Å². The Morgan fingerprint density at radius 1 is 0.947 bits per heavy atom. The molecule has 204 valence electrons. The van der Waals surface area contributed by atoms with E-state index in [9.17, 15) is 0 Å². The molecule has 1 atom stereocenters. The van der Waals surface area contributed by atoms with Gasteiger partial charge < -0.3 is 30.2 Å². The molecule has 0 aliphatic carbocycles. The van der Waals surface area contributed by atoms with E-state index in [0.717, 1.165) is 34.8 Å². The maximum absolute atomic E-state index is 6.55. The van der Waals surface area contributed by atoms with Crippen molar-refractivity contribution in [2.45, 2.75) is 12.5 Å². The summed E-state index contributed by atoms with van der Waals surface area (Å²) in [5, 5.41) is 4.58. The Labute approximate surface area is 234 Å². The predicted molar refractivity (Wildman–Crippen MR) is 152 cm³/mol. The number of hydrogen-bond acceptors (Lipinski definition) is 8. The van der Waals surface area contributed by atoms with E-state index in [4.69, 9.17) is 43.1 Å². The molecule has 4 rings (SSSR count). The van der Waals surface area contributed by atoms with Gasteiger partial charge in [-0.1, -0.05) is 47.5 Å². The van der Waals surface area contributed by atoms with E-state index in [2.05, 4.69) is 51.5 Å². The molecular formula is C28H35Cl2N5O3. The second-order valence-electron chi connectivity index (χ2n) is 9.18. The van der Waals surface area contributed by atoms with Crippen molar-refractivity contribution in [1.29, 1.82) is 0 Å². The highest BCUT2D eigenvalue weighted by atomic mass is 35.5. The molecule has 0 saturated carbocycles. The highest BCUT2D eigenvalue weighted by Gasteiger charge is 2.27. The van der Waals surface area contributed by atoms with Crippen LogP contribution in [0.15, 0.2) is 48.8 Å². The molecule has 1 aliphatic rings. The average molecular weight is 561 g/mol. The molecule has 3 N–H and O–H groups in total. The smallest absolute Gasteiger partial charge is 0.222 e. The number of fused-ring (bicyclic) bond motifs is 1. The van der Waals surface area contributed by atoms with Crippen molar-refractivity contribution in [3.63, 3.8) is 0 Å². The monoisotopic (exact) mass is 559 g/mol. The van der Waals surface area contributed by atoms with Gasteiger partial charge in [0.05, 0.1) is 39.6 Å². The Morgan fingerprint density at radius 2 is 1.66 bits per heavy atom. The molecule has 38 heavy (non-hydrogen) atoms. The van der Waals surface area contributed by atoms with Gasteiger partial charge in [-0.25, -0.2) is 9.97 Å². The first-order valence-electron chi connectivity index (χ1n) is 12.8. The molecule has 0 saturated heterocycles. The van der Waals surface area contributed by atoms with Crippen LogP contribution in [0.5, 0.6) is 0 Å². The molecule has 0 bridgehead atoms. The molecule has 2 heterocycles. The molecule has 0 radical (unpaired) electrons. The Bertz CT molecular complexity index is 1170. The lowest BCUT2D eigenvalue weighted by atomic mass is 9.84. The van der Waals surface area contributed by atoms with E-state index in [1.165, 1.54) is 11.1 Å². The molecule has 0 amide bonds. The minimum Gasteiger partial charge on any atom is -0.378 e. The standard InChI is InChI=1S/C28H35Cl2N5O3/c1-35-18-25(24-14-23(29)15-27(30)26(24)19-35)21-4-2-3-20(13-21)22-16-33-28(34-17-22)32-6-8-37-10-12-38-11-9-36-7-5-31/h2-4,13-17,25H,5-12,18-19,31H2,1H3,(H,32,33,34)/t25-/m0/s1. The van der Waals surface area contributed by atoms with Crippen molar-refractivity contribution in [3.05, 3.63) is 75.5 Å². The minimum atomic E-state index is 0.177. The summed E-state index contributed by atoms with van der Waals surface area (Å²) in [6, 6.07) is 12.4. The fourth-order valence-electron chi connectivity index (χ4n) is 4.49. The van der Waals surface area contributed by atoms with Gasteiger partial charge in [0, 0.05) is 60.1 Å². The Balaban J connectivity index is 1.29. The Morgan fingerprint density at radius 3 is 2.39 bits per heavy atom. The van der Waals surface area contributed by atoms with Gasteiger partial charge in [-0.15, -0.1) is 0 Å². The first kappa shape index (κ1) is 28.7. The zero-order chi connectivity index (χ0) is 26.7. The van der Waals surface area contributed by atoms with E-state index in [1.54, 1.807) is 0 Å². The lowest BCUT2D eigenvalue weighted by Crippen LogP contribution is -2.31. The molecule has 0 unspecified atom stereocenters. The summed E-state index contributed by atoms with van der Waals surface area (Å²) in [5.41, 5.74) is 10.9. The summed E-state index contributed by atoms with van der Waals surface area (Å²) in [7, 11) is 2.12. The number of ether oxygens (including phenoxy) is 3. The van der Waals surface area contributed by atoms with E-state index >= 15 is 0 Å². The molecule has 0 fully saturated rings. The van der Waals surface area contributed by atoms with Crippen LogP contribution in [0.25, 0.3) is 11.1 Å². The fraction of sp³-hybridized carbons (Fsp3) is 0.429. The van der Waals surface area contributed by atoms with Crippen molar-refractivity contribution in [2.75, 3.05) is 71.6 Å². The molecule has 2 aromatic carbocycles. The van der Waals surface area contributed by atoms with Crippen LogP contribution in [-0.4, -0.2) is 81.2 Å². The van der Waals surface area contributed by atoms with Crippen molar-refractivity contribution >= 4 is 29.2 Å². The van der Waals surface area contributed by atoms with Crippen LogP contribution >= 0.6 is 23.2 Å². The minimum absolute atomic E-state index is 0.177. The van der Waals surface area contributed by atoms with Crippen molar-refractivity contribution in [1.82, 2.24) is 14.9 Å². The topological polar surface area (TPSA) is 94.8 Å². The summed E-state index contributed by atoms with van der Waals surface area (Å²) < 4.78 is 16.2. The summed E-state index contributed by atoms with van der Waals surface area (Å²) in [5.74, 6) is 0.741. The van der Waals surface area contributed by atoms with Crippen molar-refractivity contribution < 1.29 is 14.2 Å². The average Bonchev–Trinajstić information content (AvgIpc) is 2.92. The van der Waals surface area contributed by atoms with Crippen LogP contribution in [0, 0.1) is 0 Å². The van der Waals surface area contributed by atoms with Gasteiger partial charge in [0.25, 0.3) is 0 Å². The quantitative estimate of drug-likeness (QED) is 0.280. The highest BCUT2D eigenvalue weighted by molar-refractivity contribution is 6.35. The van der Waals surface area contributed by atoms with E-state index in [1.807, 2.05) is 24.5 Å². The maximum atomic E-state index is 6.55. The summed E-state index contributed by atoms with van der Waals surface area (Å²) in [6.45, 7) is 6.06. The van der Waals surface area contributed by atoms with Crippen molar-refractivity contribution in [2.24, 2.45) is 5.73 Å². The number of likely N-dealkylation sites (N-methyl/N-ethyl adjacent to an activating group) is 1. The number of rotatable bonds is 14. The molecule has 8 nitrogen and oxygen atoms in total. The fourth-order valence-corrected chi connectivity index (χ4v) is 5.06. The number of hydrogen-bond donors (Lipinski definition) is 2. The summed E-state index contributed by atoms with van der Waals surface area (Å²) in [4.78, 5) is 11.3. The third-order valence-corrected chi connectivity index (χ3v) is 6.86. The molecule has 1 aliphatic heterocycles. The number of anilines is 1. The number of nitrogens with one attached hydrogen (secondary N) is 1. The zero-order valence-corrected chi connectivity index (χ0v) is 23.2. The van der Waals surface area contributed by atoms with E-state index < -0.39 is 0 Å². The zero-order valence-electron chi connectivity index (χ0n) is 21.7. The van der Waals surface area contributed by atoms with Crippen LogP contribution in [0.1, 0.15) is 22.6 Å². The van der Waals surface area contributed by atoms with Gasteiger partial charge in [-0.2, -0.15) is 0 Å². The normalized spacial score (nSPS) is 15.4. The summed E-state index contributed by atoms with van der Waals surface area (Å²) >= 11 is 12.9. The van der Waals surface area contributed by atoms with Gasteiger partial charge in [0.1, 0.15) is 0 Å². The molecule has 1 aromatic heterocycles. The largest absolute Gasteiger partial charge is 0.378 e. The van der Waals surface area contributed by atoms with Crippen LogP contribution in [0.2, 0.25) is 10.0 Å². The van der Waals surface area contributed by atoms with Gasteiger partial charge >= 0.3 is 0 Å². The van der Waals surface area contributed by atoms with Gasteiger partial charge in [-0.3, -0.25) is 0 Å². The second-order valence-corrected chi connectivity index (χ2v) is 10.0. The predicted octanol–water partition coefficient (Wildman–Crippen LogP) is 4.45. The lowest BCUT2D eigenvalue weighted by Gasteiger charge is -2.33. The number of halogens is 2. The number of benzene rings is 2. The highest BCUT2D eigenvalue weighted by Crippen LogP contribution is 2.39. The molecule has 0 spiro atoms. The molecule has 10 heteroatoms. The number of nitrogens with two attached hydrogens (primary N) is 1. The van der Waals surface area contributed by atoms with Crippen LogP contribution in [0.4, 0.5) is 5.95 Å². The van der Waals surface area contributed by atoms with Gasteiger partial charge in [0.15, 0.2) is 0 Å². The van der Waals surface area contributed by atoms with Gasteiger partial charge in [0.2, 0.25) is 5.95 Å². The Hall–Kier alpha value is -2.30. The third-order valence-electron chi connectivity index (χ3n) is 6.30.